The summed E-state index contributed by atoms with van der Waals surface area (Å²) >= 11 is 0. The molecule has 3 heteroatoms. The zero-order chi connectivity index (χ0) is 26.9. The zero-order valence-electron chi connectivity index (χ0n) is 24.2. The second-order valence-corrected chi connectivity index (χ2v) is 10.9. The van der Waals surface area contributed by atoms with Crippen LogP contribution in [-0.2, 0) is 12.8 Å². The molecule has 4 aromatic rings. The van der Waals surface area contributed by atoms with Crippen LogP contribution in [0.25, 0.3) is 28.2 Å². The minimum atomic E-state index is 0.792. The summed E-state index contributed by atoms with van der Waals surface area (Å²) in [5.41, 5.74) is 10.1. The average molecular weight is 508 g/mol. The molecule has 0 aliphatic heterocycles. The molecule has 4 rings (SSSR count). The highest BCUT2D eigenvalue weighted by molar-refractivity contribution is 5.71. The summed E-state index contributed by atoms with van der Waals surface area (Å²) in [6, 6.07) is 22.5. The number of aromatic nitrogens is 3. The molecule has 0 spiro atoms. The van der Waals surface area contributed by atoms with E-state index in [1.807, 2.05) is 6.92 Å². The Morgan fingerprint density at radius 2 is 1.21 bits per heavy atom. The third kappa shape index (κ3) is 7.01. The molecule has 0 atom stereocenters. The highest BCUT2D eigenvalue weighted by Gasteiger charge is 2.17. The first-order chi connectivity index (χ1) is 18.5. The molecule has 0 amide bonds. The number of nitrogens with zero attached hydrogens (tertiary/aromatic N) is 3. The van der Waals surface area contributed by atoms with Crippen LogP contribution in [0.3, 0.4) is 0 Å². The second kappa shape index (κ2) is 13.6. The molecule has 3 nitrogen and oxygen atoms in total. The van der Waals surface area contributed by atoms with E-state index in [4.69, 9.17) is 10.1 Å². The van der Waals surface area contributed by atoms with Crippen LogP contribution in [0.2, 0.25) is 0 Å². The molecular weight excluding hydrogens is 462 g/mol. The summed E-state index contributed by atoms with van der Waals surface area (Å²) < 4.78 is 2.05. The Kier molecular flexibility index (Phi) is 9.92. The maximum absolute atomic E-state index is 4.88. The van der Waals surface area contributed by atoms with Crippen molar-refractivity contribution in [1.82, 2.24) is 14.8 Å². The molecule has 0 aliphatic carbocycles. The number of benzene rings is 3. The molecule has 0 aliphatic rings. The Morgan fingerprint density at radius 1 is 0.605 bits per heavy atom. The fourth-order valence-electron chi connectivity index (χ4n) is 5.50. The van der Waals surface area contributed by atoms with E-state index in [1.165, 1.54) is 91.2 Å². The van der Waals surface area contributed by atoms with Crippen molar-refractivity contribution in [3.8, 4) is 28.2 Å². The lowest BCUT2D eigenvalue weighted by molar-refractivity contribution is 0.666. The van der Waals surface area contributed by atoms with Crippen molar-refractivity contribution in [1.29, 1.82) is 0 Å². The molecule has 200 valence electrons. The number of hydrogen-bond acceptors (Lipinski definition) is 2. The second-order valence-electron chi connectivity index (χ2n) is 10.9. The van der Waals surface area contributed by atoms with Crippen LogP contribution < -0.4 is 0 Å². The highest BCUT2D eigenvalue weighted by atomic mass is 15.4. The maximum Gasteiger partial charge on any atom is 0.163 e. The van der Waals surface area contributed by atoms with Crippen molar-refractivity contribution in [2.75, 3.05) is 0 Å². The number of hydrogen-bond donors (Lipinski definition) is 0. The molecule has 0 saturated heterocycles. The smallest absolute Gasteiger partial charge is 0.163 e. The minimum absolute atomic E-state index is 0.792. The first-order valence-corrected chi connectivity index (χ1v) is 14.7. The Balaban J connectivity index is 1.58. The van der Waals surface area contributed by atoms with E-state index >= 15 is 0 Å². The summed E-state index contributed by atoms with van der Waals surface area (Å²) in [5.74, 6) is 1.69. The first-order valence-electron chi connectivity index (χ1n) is 14.7. The zero-order valence-corrected chi connectivity index (χ0v) is 24.2. The van der Waals surface area contributed by atoms with E-state index in [2.05, 4.69) is 93.0 Å². The number of unbranched alkanes of at least 4 members (excludes halogenated alkanes) is 6. The van der Waals surface area contributed by atoms with Gasteiger partial charge in [0.1, 0.15) is 5.82 Å². The fourth-order valence-corrected chi connectivity index (χ4v) is 5.50. The molecule has 3 aromatic carbocycles. The molecule has 1 aromatic heterocycles. The molecule has 0 saturated carbocycles. The average Bonchev–Trinajstić information content (AvgIpc) is 3.30. The molecular formula is C35H45N3. The SMILES string of the molecule is CCCCCCc1ccc(-c2cccc(-c3nc(C)nn3-c3c(C)cc(CCCCCC)cc3C)c2)cc1. The van der Waals surface area contributed by atoms with E-state index < -0.39 is 0 Å². The van der Waals surface area contributed by atoms with Crippen molar-refractivity contribution in [3.63, 3.8) is 0 Å². The summed E-state index contributed by atoms with van der Waals surface area (Å²) in [6.45, 7) is 10.9. The van der Waals surface area contributed by atoms with E-state index in [0.29, 0.717) is 0 Å². The fraction of sp³-hybridized carbons (Fsp3) is 0.429. The van der Waals surface area contributed by atoms with Gasteiger partial charge in [-0.25, -0.2) is 9.67 Å². The van der Waals surface area contributed by atoms with Crippen molar-refractivity contribution in [2.45, 2.75) is 98.8 Å². The maximum atomic E-state index is 4.88. The van der Waals surface area contributed by atoms with Gasteiger partial charge in [-0.2, -0.15) is 5.10 Å². The van der Waals surface area contributed by atoms with Crippen molar-refractivity contribution < 1.29 is 0 Å². The van der Waals surface area contributed by atoms with Gasteiger partial charge in [0.05, 0.1) is 5.69 Å². The van der Waals surface area contributed by atoms with Gasteiger partial charge in [0.15, 0.2) is 5.82 Å². The Bertz CT molecular complexity index is 1290. The molecule has 0 bridgehead atoms. The molecule has 0 radical (unpaired) electrons. The van der Waals surface area contributed by atoms with Gasteiger partial charge in [-0.05, 0) is 85.9 Å². The topological polar surface area (TPSA) is 30.7 Å². The standard InChI is InChI=1S/C35H45N3/c1-6-8-10-12-15-29-19-21-31(22-20-29)32-17-14-18-33(25-32)35-36-28(5)37-38(35)34-26(3)23-30(24-27(34)4)16-13-11-9-7-2/h14,17-25H,6-13,15-16H2,1-5H3. The normalized spacial score (nSPS) is 11.3. The molecule has 0 fully saturated rings. The summed E-state index contributed by atoms with van der Waals surface area (Å²) in [5, 5.41) is 4.86. The lowest BCUT2D eigenvalue weighted by atomic mass is 9.99. The van der Waals surface area contributed by atoms with Crippen molar-refractivity contribution >= 4 is 0 Å². The van der Waals surface area contributed by atoms with Crippen LogP contribution in [0.4, 0.5) is 0 Å². The molecule has 0 unspecified atom stereocenters. The van der Waals surface area contributed by atoms with Gasteiger partial charge in [0.2, 0.25) is 0 Å². The molecule has 38 heavy (non-hydrogen) atoms. The number of rotatable bonds is 13. The van der Waals surface area contributed by atoms with Gasteiger partial charge in [0, 0.05) is 5.56 Å². The lowest BCUT2D eigenvalue weighted by Crippen LogP contribution is -2.06. The van der Waals surface area contributed by atoms with Crippen LogP contribution in [0.5, 0.6) is 0 Å². The third-order valence-electron chi connectivity index (χ3n) is 7.52. The third-order valence-corrected chi connectivity index (χ3v) is 7.52. The van der Waals surface area contributed by atoms with E-state index in [-0.39, 0.29) is 0 Å². The Labute approximate surface area is 230 Å². The predicted molar refractivity (Wildman–Crippen MR) is 162 cm³/mol. The Morgan fingerprint density at radius 3 is 1.84 bits per heavy atom. The predicted octanol–water partition coefficient (Wildman–Crippen LogP) is 9.77. The van der Waals surface area contributed by atoms with Crippen LogP contribution in [0.15, 0.2) is 60.7 Å². The van der Waals surface area contributed by atoms with Gasteiger partial charge in [0.25, 0.3) is 0 Å². The molecule has 0 N–H and O–H groups in total. The summed E-state index contributed by atoms with van der Waals surface area (Å²) in [7, 11) is 0. The minimum Gasteiger partial charge on any atom is -0.212 e. The molecule has 1 heterocycles. The number of aryl methyl sites for hydroxylation is 5. The largest absolute Gasteiger partial charge is 0.212 e. The first kappa shape index (κ1) is 27.8. The van der Waals surface area contributed by atoms with Crippen LogP contribution in [-0.4, -0.2) is 14.8 Å². The van der Waals surface area contributed by atoms with Gasteiger partial charge in [-0.15, -0.1) is 0 Å². The highest BCUT2D eigenvalue weighted by Crippen LogP contribution is 2.30. The van der Waals surface area contributed by atoms with Gasteiger partial charge >= 0.3 is 0 Å². The lowest BCUT2D eigenvalue weighted by Gasteiger charge is -2.15. The van der Waals surface area contributed by atoms with Crippen LogP contribution in [0.1, 0.15) is 93.3 Å². The monoisotopic (exact) mass is 507 g/mol. The van der Waals surface area contributed by atoms with Crippen LogP contribution in [0, 0.1) is 20.8 Å². The van der Waals surface area contributed by atoms with E-state index in [1.54, 1.807) is 0 Å². The van der Waals surface area contributed by atoms with Gasteiger partial charge in [-0.1, -0.05) is 107 Å². The Hall–Kier alpha value is -3.20. The summed E-state index contributed by atoms with van der Waals surface area (Å²) in [6.07, 6.45) is 12.7. The van der Waals surface area contributed by atoms with Crippen LogP contribution >= 0.6 is 0 Å². The van der Waals surface area contributed by atoms with E-state index in [0.717, 1.165) is 29.3 Å². The van der Waals surface area contributed by atoms with Crippen molar-refractivity contribution in [2.24, 2.45) is 0 Å². The summed E-state index contributed by atoms with van der Waals surface area (Å²) in [4.78, 5) is 4.88. The van der Waals surface area contributed by atoms with E-state index in [9.17, 15) is 0 Å². The van der Waals surface area contributed by atoms with Crippen molar-refractivity contribution in [3.05, 3.63) is 88.7 Å². The van der Waals surface area contributed by atoms with Gasteiger partial charge < -0.3 is 0 Å². The quantitative estimate of drug-likeness (QED) is 0.169. The van der Waals surface area contributed by atoms with Gasteiger partial charge in [-0.3, -0.25) is 0 Å².